The average molecular weight is 328 g/mol. The Hall–Kier alpha value is -3.09. The van der Waals surface area contributed by atoms with Gasteiger partial charge >= 0.3 is 5.97 Å². The molecule has 6 nitrogen and oxygen atoms in total. The van der Waals surface area contributed by atoms with E-state index < -0.39 is 5.97 Å². The van der Waals surface area contributed by atoms with Crippen molar-refractivity contribution >= 4 is 28.7 Å². The molecule has 0 aromatic heterocycles. The third-order valence-electron chi connectivity index (χ3n) is 3.88. The third kappa shape index (κ3) is 2.88. The van der Waals surface area contributed by atoms with E-state index in [-0.39, 0.29) is 17.6 Å². The summed E-state index contributed by atoms with van der Waals surface area (Å²) in [5.41, 5.74) is 14.5. The van der Waals surface area contributed by atoms with Crippen molar-refractivity contribution in [3.05, 3.63) is 53.8 Å². The molecular weight excluding hydrogens is 311 g/mol. The number of halogens is 1. The van der Waals surface area contributed by atoms with E-state index in [1.807, 2.05) is 0 Å². The molecular formula is C17H17FN4O2. The minimum atomic E-state index is -0.501. The van der Waals surface area contributed by atoms with E-state index in [4.69, 9.17) is 16.2 Å². The van der Waals surface area contributed by atoms with Crippen molar-refractivity contribution in [3.8, 4) is 0 Å². The van der Waals surface area contributed by atoms with Crippen LogP contribution < -0.4 is 16.5 Å². The van der Waals surface area contributed by atoms with Gasteiger partial charge in [0, 0.05) is 12.1 Å². The second-order valence-corrected chi connectivity index (χ2v) is 5.47. The lowest BCUT2D eigenvalue weighted by atomic mass is 10.0. The molecule has 1 aliphatic heterocycles. The van der Waals surface area contributed by atoms with E-state index >= 15 is 0 Å². The number of nitrogens with two attached hydrogens (primary N) is 2. The number of carbonyl (C=O) groups is 1. The summed E-state index contributed by atoms with van der Waals surface area (Å²) in [4.78, 5) is 11.9. The van der Waals surface area contributed by atoms with Crippen molar-refractivity contribution in [1.82, 2.24) is 0 Å². The fraction of sp³-hybridized carbons (Fsp3) is 0.176. The molecule has 1 aliphatic rings. The summed E-state index contributed by atoms with van der Waals surface area (Å²) in [5.74, 6) is -0.831. The van der Waals surface area contributed by atoms with E-state index in [1.54, 1.807) is 35.3 Å². The summed E-state index contributed by atoms with van der Waals surface area (Å²) < 4.78 is 18.0. The van der Waals surface area contributed by atoms with Gasteiger partial charge in [-0.3, -0.25) is 5.01 Å². The van der Waals surface area contributed by atoms with Gasteiger partial charge in [0.15, 0.2) is 0 Å². The summed E-state index contributed by atoms with van der Waals surface area (Å²) >= 11 is 0. The van der Waals surface area contributed by atoms with E-state index in [2.05, 4.69) is 5.10 Å². The minimum Gasteiger partial charge on any atom is -0.464 e. The van der Waals surface area contributed by atoms with Gasteiger partial charge in [0.05, 0.1) is 24.5 Å². The van der Waals surface area contributed by atoms with Gasteiger partial charge in [-0.15, -0.1) is 0 Å². The monoisotopic (exact) mass is 328 g/mol. The van der Waals surface area contributed by atoms with Crippen LogP contribution in [0.5, 0.6) is 0 Å². The predicted octanol–water partition coefficient (Wildman–Crippen LogP) is 2.47. The van der Waals surface area contributed by atoms with Gasteiger partial charge in [-0.25, -0.2) is 9.18 Å². The van der Waals surface area contributed by atoms with Crippen molar-refractivity contribution in [2.45, 2.75) is 12.5 Å². The molecule has 24 heavy (non-hydrogen) atoms. The molecule has 0 aliphatic carbocycles. The van der Waals surface area contributed by atoms with Crippen LogP contribution in [-0.2, 0) is 9.53 Å². The normalized spacial score (nSPS) is 16.8. The van der Waals surface area contributed by atoms with Gasteiger partial charge in [-0.1, -0.05) is 12.1 Å². The first kappa shape index (κ1) is 15.8. The summed E-state index contributed by atoms with van der Waals surface area (Å²) in [6.45, 7) is 0. The Morgan fingerprint density at radius 3 is 2.58 bits per heavy atom. The summed E-state index contributed by atoms with van der Waals surface area (Å²) in [7, 11) is 1.30. The maximum absolute atomic E-state index is 13.2. The highest BCUT2D eigenvalue weighted by Gasteiger charge is 2.33. The zero-order valence-corrected chi connectivity index (χ0v) is 13.1. The zero-order chi connectivity index (χ0) is 17.3. The summed E-state index contributed by atoms with van der Waals surface area (Å²) in [6.07, 6.45) is 0.335. The maximum atomic E-state index is 13.2. The smallest absolute Gasteiger partial charge is 0.354 e. The lowest BCUT2D eigenvalue weighted by Crippen LogP contribution is -2.20. The number of nitrogens with zero attached hydrogens (tertiary/aromatic N) is 2. The molecule has 0 spiro atoms. The Kier molecular flexibility index (Phi) is 4.07. The highest BCUT2D eigenvalue weighted by atomic mass is 19.1. The molecule has 4 N–H and O–H groups in total. The van der Waals surface area contributed by atoms with Crippen LogP contribution in [0, 0.1) is 5.82 Å². The van der Waals surface area contributed by atoms with E-state index in [9.17, 15) is 9.18 Å². The van der Waals surface area contributed by atoms with Gasteiger partial charge in [0.25, 0.3) is 0 Å². The molecule has 7 heteroatoms. The SMILES string of the molecule is COC(=O)C1=NN(c2ccc(N)cc2N)C(c2ccc(F)cc2)C1. The van der Waals surface area contributed by atoms with Crippen LogP contribution in [0.15, 0.2) is 47.6 Å². The van der Waals surface area contributed by atoms with E-state index in [0.29, 0.717) is 23.5 Å². The number of ether oxygens (including phenoxy) is 1. The van der Waals surface area contributed by atoms with Crippen molar-refractivity contribution in [2.24, 2.45) is 5.10 Å². The van der Waals surface area contributed by atoms with Gasteiger partial charge in [-0.2, -0.15) is 5.10 Å². The highest BCUT2D eigenvalue weighted by Crippen LogP contribution is 2.38. The Labute approximate surface area is 138 Å². The second-order valence-electron chi connectivity index (χ2n) is 5.47. The molecule has 1 unspecified atom stereocenters. The maximum Gasteiger partial charge on any atom is 0.354 e. The Morgan fingerprint density at radius 1 is 1.25 bits per heavy atom. The summed E-state index contributed by atoms with van der Waals surface area (Å²) in [6, 6.07) is 10.9. The molecule has 124 valence electrons. The minimum absolute atomic E-state index is 0.281. The fourth-order valence-electron chi connectivity index (χ4n) is 2.70. The average Bonchev–Trinajstić information content (AvgIpc) is 3.00. The molecule has 0 amide bonds. The van der Waals surface area contributed by atoms with Crippen LogP contribution >= 0.6 is 0 Å². The quantitative estimate of drug-likeness (QED) is 0.667. The van der Waals surface area contributed by atoms with Gasteiger partial charge in [-0.05, 0) is 35.9 Å². The van der Waals surface area contributed by atoms with Crippen molar-refractivity contribution in [3.63, 3.8) is 0 Å². The number of anilines is 3. The molecule has 3 rings (SSSR count). The molecule has 0 bridgehead atoms. The number of carbonyl (C=O) groups excluding carboxylic acids is 1. The summed E-state index contributed by atoms with van der Waals surface area (Å²) in [5, 5.41) is 6.01. The standard InChI is InChI=1S/C17H17FN4O2/c1-24-17(23)14-9-16(10-2-4-11(18)5-3-10)22(21-14)15-7-6-12(19)8-13(15)20/h2-8,16H,9,19-20H2,1H3. The van der Waals surface area contributed by atoms with Crippen molar-refractivity contribution in [1.29, 1.82) is 0 Å². The lowest BCUT2D eigenvalue weighted by molar-refractivity contribution is -0.132. The molecule has 1 heterocycles. The van der Waals surface area contributed by atoms with Crippen molar-refractivity contribution < 1.29 is 13.9 Å². The first-order valence-electron chi connectivity index (χ1n) is 7.35. The zero-order valence-electron chi connectivity index (χ0n) is 13.1. The van der Waals surface area contributed by atoms with Crippen LogP contribution in [-0.4, -0.2) is 18.8 Å². The molecule has 0 saturated carbocycles. The fourth-order valence-corrected chi connectivity index (χ4v) is 2.70. The number of esters is 1. The first-order valence-corrected chi connectivity index (χ1v) is 7.35. The molecule has 0 radical (unpaired) electrons. The number of nitrogen functional groups attached to an aromatic ring is 2. The number of rotatable bonds is 3. The third-order valence-corrected chi connectivity index (χ3v) is 3.88. The lowest BCUT2D eigenvalue weighted by Gasteiger charge is -2.25. The Balaban J connectivity index is 2.04. The number of benzene rings is 2. The van der Waals surface area contributed by atoms with E-state index in [0.717, 1.165) is 5.56 Å². The molecule has 2 aromatic rings. The largest absolute Gasteiger partial charge is 0.464 e. The highest BCUT2D eigenvalue weighted by molar-refractivity contribution is 6.37. The second kappa shape index (κ2) is 6.19. The van der Waals surface area contributed by atoms with Gasteiger partial charge in [0.1, 0.15) is 11.5 Å². The topological polar surface area (TPSA) is 93.9 Å². The number of hydrogen-bond donors (Lipinski definition) is 2. The number of hydrogen-bond acceptors (Lipinski definition) is 6. The van der Waals surface area contributed by atoms with Crippen LogP contribution in [0.1, 0.15) is 18.0 Å². The van der Waals surface area contributed by atoms with Gasteiger partial charge < -0.3 is 16.2 Å². The van der Waals surface area contributed by atoms with Crippen LogP contribution in [0.3, 0.4) is 0 Å². The molecule has 2 aromatic carbocycles. The van der Waals surface area contributed by atoms with E-state index in [1.165, 1.54) is 19.2 Å². The van der Waals surface area contributed by atoms with Gasteiger partial charge in [0.2, 0.25) is 0 Å². The van der Waals surface area contributed by atoms with Crippen LogP contribution in [0.4, 0.5) is 21.5 Å². The molecule has 0 saturated heterocycles. The number of methoxy groups -OCH3 is 1. The Morgan fingerprint density at radius 2 is 1.96 bits per heavy atom. The Bertz CT molecular complexity index is 805. The van der Waals surface area contributed by atoms with Crippen LogP contribution in [0.2, 0.25) is 0 Å². The van der Waals surface area contributed by atoms with Crippen LogP contribution in [0.25, 0.3) is 0 Å². The first-order chi connectivity index (χ1) is 11.5. The molecule has 0 fully saturated rings. The van der Waals surface area contributed by atoms with Crippen molar-refractivity contribution in [2.75, 3.05) is 23.6 Å². The number of hydrazone groups is 1. The predicted molar refractivity (Wildman–Crippen MR) is 91.0 cm³/mol. The molecule has 1 atom stereocenters.